The molecular weight excluding hydrogens is 280 g/mol. The molecule has 2 aromatic carbocycles. The van der Waals surface area contributed by atoms with Gasteiger partial charge in [-0.2, -0.15) is 5.10 Å². The van der Waals surface area contributed by atoms with Gasteiger partial charge in [0.05, 0.1) is 24.1 Å². The van der Waals surface area contributed by atoms with Crippen LogP contribution in [0.5, 0.6) is 5.75 Å². The zero-order chi connectivity index (χ0) is 15.5. The summed E-state index contributed by atoms with van der Waals surface area (Å²) in [5, 5.41) is 13.5. The molecule has 0 radical (unpaired) electrons. The van der Waals surface area contributed by atoms with E-state index in [-0.39, 0.29) is 5.56 Å². The number of carboxylic acids is 1. The van der Waals surface area contributed by atoms with E-state index >= 15 is 0 Å². The lowest BCUT2D eigenvalue weighted by molar-refractivity contribution is 0.0697. The summed E-state index contributed by atoms with van der Waals surface area (Å²) in [6.45, 7) is 0. The number of benzene rings is 2. The van der Waals surface area contributed by atoms with Gasteiger partial charge in [-0.25, -0.2) is 9.48 Å². The van der Waals surface area contributed by atoms with Gasteiger partial charge in [0.2, 0.25) is 0 Å². The highest BCUT2D eigenvalue weighted by atomic mass is 16.5. The van der Waals surface area contributed by atoms with E-state index in [2.05, 4.69) is 5.10 Å². The minimum Gasteiger partial charge on any atom is -0.497 e. The molecule has 0 unspecified atom stereocenters. The lowest BCUT2D eigenvalue weighted by Crippen LogP contribution is -1.97. The number of rotatable bonds is 4. The van der Waals surface area contributed by atoms with Crippen LogP contribution in [0.1, 0.15) is 10.4 Å². The minimum atomic E-state index is -0.948. The smallest absolute Gasteiger partial charge is 0.335 e. The van der Waals surface area contributed by atoms with Crippen molar-refractivity contribution >= 4 is 5.97 Å². The number of aromatic carboxylic acids is 1. The average molecular weight is 294 g/mol. The zero-order valence-electron chi connectivity index (χ0n) is 11.9. The first-order valence-corrected chi connectivity index (χ1v) is 6.71. The fourth-order valence-corrected chi connectivity index (χ4v) is 2.17. The van der Waals surface area contributed by atoms with Crippen molar-refractivity contribution in [3.63, 3.8) is 0 Å². The van der Waals surface area contributed by atoms with Gasteiger partial charge in [-0.1, -0.05) is 12.1 Å². The number of hydrogen-bond donors (Lipinski definition) is 1. The molecule has 5 nitrogen and oxygen atoms in total. The molecule has 0 saturated carbocycles. The van der Waals surface area contributed by atoms with Crippen LogP contribution in [0.2, 0.25) is 0 Å². The van der Waals surface area contributed by atoms with Gasteiger partial charge in [-0.3, -0.25) is 0 Å². The molecule has 0 aliphatic rings. The number of aromatic nitrogens is 2. The fraction of sp³-hybridized carbons (Fsp3) is 0.0588. The van der Waals surface area contributed by atoms with Crippen molar-refractivity contribution in [3.8, 4) is 22.7 Å². The monoisotopic (exact) mass is 294 g/mol. The second kappa shape index (κ2) is 5.73. The highest BCUT2D eigenvalue weighted by molar-refractivity contribution is 5.89. The van der Waals surface area contributed by atoms with Gasteiger partial charge in [0.25, 0.3) is 0 Å². The Balaban J connectivity index is 1.93. The van der Waals surface area contributed by atoms with Crippen molar-refractivity contribution in [2.24, 2.45) is 0 Å². The quantitative estimate of drug-likeness (QED) is 0.802. The number of carboxylic acid groups (broad SMARTS) is 1. The van der Waals surface area contributed by atoms with Gasteiger partial charge >= 0.3 is 5.97 Å². The van der Waals surface area contributed by atoms with Gasteiger partial charge in [0, 0.05) is 11.8 Å². The minimum absolute atomic E-state index is 0.247. The summed E-state index contributed by atoms with van der Waals surface area (Å²) in [7, 11) is 1.62. The topological polar surface area (TPSA) is 64.3 Å². The Morgan fingerprint density at radius 1 is 1.14 bits per heavy atom. The summed E-state index contributed by atoms with van der Waals surface area (Å²) in [5.74, 6) is -0.165. The summed E-state index contributed by atoms with van der Waals surface area (Å²) in [6.07, 6.45) is 1.84. The van der Waals surface area contributed by atoms with Gasteiger partial charge in [-0.05, 0) is 42.5 Å². The Kier molecular flexibility index (Phi) is 3.62. The van der Waals surface area contributed by atoms with E-state index in [4.69, 9.17) is 9.84 Å². The molecule has 0 amide bonds. The van der Waals surface area contributed by atoms with Crippen LogP contribution in [0, 0.1) is 0 Å². The highest BCUT2D eigenvalue weighted by Crippen LogP contribution is 2.21. The van der Waals surface area contributed by atoms with Crippen LogP contribution in [0.3, 0.4) is 0 Å². The van der Waals surface area contributed by atoms with E-state index in [1.54, 1.807) is 30.0 Å². The third-order valence-corrected chi connectivity index (χ3v) is 3.33. The number of nitrogens with zero attached hydrogens (tertiary/aromatic N) is 2. The largest absolute Gasteiger partial charge is 0.497 e. The maximum absolute atomic E-state index is 11.0. The summed E-state index contributed by atoms with van der Waals surface area (Å²) in [4.78, 5) is 11.0. The number of ether oxygens (including phenoxy) is 1. The van der Waals surface area contributed by atoms with Crippen molar-refractivity contribution in [2.75, 3.05) is 7.11 Å². The standard InChI is InChI=1S/C17H14N2O3/c1-22-15-7-5-14(6-8-15)19-10-9-16(18-19)12-3-2-4-13(11-12)17(20)21/h2-11H,1H3,(H,20,21). The molecule has 0 bridgehead atoms. The molecule has 110 valence electrons. The molecule has 1 aromatic heterocycles. The molecule has 0 spiro atoms. The number of hydrogen-bond acceptors (Lipinski definition) is 3. The summed E-state index contributed by atoms with van der Waals surface area (Å²) < 4.78 is 6.87. The van der Waals surface area contributed by atoms with Crippen LogP contribution >= 0.6 is 0 Å². The van der Waals surface area contributed by atoms with Crippen molar-refractivity contribution in [1.29, 1.82) is 0 Å². The Morgan fingerprint density at radius 2 is 1.91 bits per heavy atom. The van der Waals surface area contributed by atoms with E-state index < -0.39 is 5.97 Å². The van der Waals surface area contributed by atoms with Crippen LogP contribution < -0.4 is 4.74 Å². The van der Waals surface area contributed by atoms with Crippen LogP contribution in [-0.4, -0.2) is 28.0 Å². The summed E-state index contributed by atoms with van der Waals surface area (Å²) in [5.41, 5.74) is 2.64. The summed E-state index contributed by atoms with van der Waals surface area (Å²) >= 11 is 0. The van der Waals surface area contributed by atoms with Crippen molar-refractivity contribution < 1.29 is 14.6 Å². The van der Waals surface area contributed by atoms with Crippen LogP contribution in [-0.2, 0) is 0 Å². The third-order valence-electron chi connectivity index (χ3n) is 3.33. The molecule has 22 heavy (non-hydrogen) atoms. The number of methoxy groups -OCH3 is 1. The molecule has 0 aliphatic carbocycles. The maximum atomic E-state index is 11.0. The first-order valence-electron chi connectivity index (χ1n) is 6.71. The molecule has 1 heterocycles. The first kappa shape index (κ1) is 13.9. The molecule has 1 N–H and O–H groups in total. The molecule has 0 atom stereocenters. The molecular formula is C17H14N2O3. The van der Waals surface area contributed by atoms with Crippen molar-refractivity contribution in [1.82, 2.24) is 9.78 Å². The number of carbonyl (C=O) groups is 1. The van der Waals surface area contributed by atoms with Crippen molar-refractivity contribution in [2.45, 2.75) is 0 Å². The van der Waals surface area contributed by atoms with Gasteiger partial charge < -0.3 is 9.84 Å². The fourth-order valence-electron chi connectivity index (χ4n) is 2.17. The van der Waals surface area contributed by atoms with Gasteiger partial charge in [-0.15, -0.1) is 0 Å². The summed E-state index contributed by atoms with van der Waals surface area (Å²) in [6, 6.07) is 16.1. The molecule has 5 heteroatoms. The van der Waals surface area contributed by atoms with E-state index in [1.165, 1.54) is 0 Å². The van der Waals surface area contributed by atoms with Crippen LogP contribution in [0.4, 0.5) is 0 Å². The van der Waals surface area contributed by atoms with Gasteiger partial charge in [0.15, 0.2) is 0 Å². The lowest BCUT2D eigenvalue weighted by atomic mass is 10.1. The van der Waals surface area contributed by atoms with Crippen LogP contribution in [0.25, 0.3) is 16.9 Å². The van der Waals surface area contributed by atoms with Crippen molar-refractivity contribution in [3.05, 3.63) is 66.4 Å². The van der Waals surface area contributed by atoms with E-state index in [1.807, 2.05) is 42.6 Å². The zero-order valence-corrected chi connectivity index (χ0v) is 11.9. The lowest BCUT2D eigenvalue weighted by Gasteiger charge is -2.03. The van der Waals surface area contributed by atoms with Crippen LogP contribution in [0.15, 0.2) is 60.8 Å². The first-order chi connectivity index (χ1) is 10.7. The van der Waals surface area contributed by atoms with Gasteiger partial charge in [0.1, 0.15) is 5.75 Å². The van der Waals surface area contributed by atoms with E-state index in [0.29, 0.717) is 0 Å². The Morgan fingerprint density at radius 3 is 2.59 bits per heavy atom. The Bertz CT molecular complexity index is 807. The molecule has 0 fully saturated rings. The Labute approximate surface area is 127 Å². The second-order valence-corrected chi connectivity index (χ2v) is 4.73. The van der Waals surface area contributed by atoms with E-state index in [0.717, 1.165) is 22.7 Å². The maximum Gasteiger partial charge on any atom is 0.335 e. The van der Waals surface area contributed by atoms with E-state index in [9.17, 15) is 4.79 Å². The SMILES string of the molecule is COc1ccc(-n2ccc(-c3cccc(C(=O)O)c3)n2)cc1. The third kappa shape index (κ3) is 2.69. The second-order valence-electron chi connectivity index (χ2n) is 4.73. The Hall–Kier alpha value is -3.08. The predicted octanol–water partition coefficient (Wildman–Crippen LogP) is 3.25. The highest BCUT2D eigenvalue weighted by Gasteiger charge is 2.08. The molecule has 3 aromatic rings. The molecule has 0 saturated heterocycles. The molecule has 0 aliphatic heterocycles. The normalized spacial score (nSPS) is 10.4. The predicted molar refractivity (Wildman–Crippen MR) is 82.5 cm³/mol. The average Bonchev–Trinajstić information content (AvgIpc) is 3.05. The molecule has 3 rings (SSSR count).